The van der Waals surface area contributed by atoms with Crippen LogP contribution in [0, 0.1) is 0 Å². The lowest BCUT2D eigenvalue weighted by atomic mass is 10.1. The molecule has 0 saturated carbocycles. The molecule has 0 aliphatic heterocycles. The number of hydrogen-bond donors (Lipinski definition) is 1. The molecule has 2 aromatic rings. The van der Waals surface area contributed by atoms with Gasteiger partial charge in [-0.2, -0.15) is 0 Å². The fraction of sp³-hybridized carbons (Fsp3) is 0.222. The van der Waals surface area contributed by atoms with Gasteiger partial charge in [0.25, 0.3) is 5.91 Å². The molecule has 0 fully saturated rings. The van der Waals surface area contributed by atoms with E-state index in [0.29, 0.717) is 27.2 Å². The van der Waals surface area contributed by atoms with Gasteiger partial charge in [0.1, 0.15) is 0 Å². The SMILES string of the molecule is COc1cc(C(=O)N(C)CC(=O)Nc2c(Cl)cccc2Cl)cc(Cl)c1OC. The first-order valence-corrected chi connectivity index (χ1v) is 8.82. The summed E-state index contributed by atoms with van der Waals surface area (Å²) < 4.78 is 10.3. The number of nitrogens with one attached hydrogen (secondary N) is 1. The standard InChI is InChI=1S/C18H17Cl3N2O4/c1-23(9-15(24)22-16-11(19)5-4-6-12(16)20)18(25)10-7-13(21)17(27-3)14(8-10)26-2/h4-8H,9H2,1-3H3,(H,22,24). The predicted octanol–water partition coefficient (Wildman–Crippen LogP) is 4.37. The number of ether oxygens (including phenoxy) is 2. The molecule has 0 aliphatic rings. The number of carbonyl (C=O) groups is 2. The Balaban J connectivity index is 2.14. The van der Waals surface area contributed by atoms with Gasteiger partial charge in [0.2, 0.25) is 5.91 Å². The molecule has 0 saturated heterocycles. The first-order valence-electron chi connectivity index (χ1n) is 7.69. The lowest BCUT2D eigenvalue weighted by Crippen LogP contribution is -2.35. The first kappa shape index (κ1) is 21.2. The number of hydrogen-bond acceptors (Lipinski definition) is 4. The van der Waals surface area contributed by atoms with Crippen molar-refractivity contribution in [2.45, 2.75) is 0 Å². The molecule has 2 rings (SSSR count). The van der Waals surface area contributed by atoms with Crippen molar-refractivity contribution >= 4 is 52.3 Å². The van der Waals surface area contributed by atoms with Gasteiger partial charge in [0, 0.05) is 12.6 Å². The number of likely N-dealkylation sites (N-methyl/N-ethyl adjacent to an activating group) is 1. The van der Waals surface area contributed by atoms with E-state index in [1.807, 2.05) is 0 Å². The highest BCUT2D eigenvalue weighted by Gasteiger charge is 2.20. The Labute approximate surface area is 171 Å². The van der Waals surface area contributed by atoms with Crippen LogP contribution in [0.15, 0.2) is 30.3 Å². The van der Waals surface area contributed by atoms with Crippen molar-refractivity contribution in [3.63, 3.8) is 0 Å². The lowest BCUT2D eigenvalue weighted by molar-refractivity contribution is -0.116. The van der Waals surface area contributed by atoms with Crippen molar-refractivity contribution in [3.8, 4) is 11.5 Å². The van der Waals surface area contributed by atoms with Gasteiger partial charge < -0.3 is 19.7 Å². The Kier molecular flexibility index (Phi) is 7.18. The van der Waals surface area contributed by atoms with Gasteiger partial charge in [-0.15, -0.1) is 0 Å². The summed E-state index contributed by atoms with van der Waals surface area (Å²) >= 11 is 18.2. The van der Waals surface area contributed by atoms with Gasteiger partial charge in [0.15, 0.2) is 11.5 Å². The highest BCUT2D eigenvalue weighted by molar-refractivity contribution is 6.39. The molecule has 6 nitrogen and oxygen atoms in total. The number of anilines is 1. The molecule has 2 aromatic carbocycles. The number of rotatable bonds is 6. The molecule has 0 spiro atoms. The molecule has 0 atom stereocenters. The van der Waals surface area contributed by atoms with E-state index in [2.05, 4.69) is 5.32 Å². The van der Waals surface area contributed by atoms with Crippen LogP contribution in [0.2, 0.25) is 15.1 Å². The number of carbonyl (C=O) groups excluding carboxylic acids is 2. The maximum atomic E-state index is 12.6. The van der Waals surface area contributed by atoms with Crippen molar-refractivity contribution < 1.29 is 19.1 Å². The average Bonchev–Trinajstić information content (AvgIpc) is 2.63. The van der Waals surface area contributed by atoms with Crippen molar-refractivity contribution in [2.24, 2.45) is 0 Å². The second-order valence-corrected chi connectivity index (χ2v) is 6.72. The third kappa shape index (κ3) is 4.97. The minimum Gasteiger partial charge on any atom is -0.493 e. The Morgan fingerprint density at radius 2 is 1.67 bits per heavy atom. The number of nitrogens with zero attached hydrogens (tertiary/aromatic N) is 1. The fourth-order valence-electron chi connectivity index (χ4n) is 2.35. The molecule has 0 bridgehead atoms. The molecule has 0 aromatic heterocycles. The molecular formula is C18H17Cl3N2O4. The topological polar surface area (TPSA) is 67.9 Å². The predicted molar refractivity (Wildman–Crippen MR) is 107 cm³/mol. The average molecular weight is 432 g/mol. The van der Waals surface area contributed by atoms with Crippen LogP contribution in [-0.2, 0) is 4.79 Å². The normalized spacial score (nSPS) is 10.3. The van der Waals surface area contributed by atoms with Crippen LogP contribution in [0.25, 0.3) is 0 Å². The van der Waals surface area contributed by atoms with Crippen molar-refractivity contribution in [3.05, 3.63) is 51.0 Å². The largest absolute Gasteiger partial charge is 0.493 e. The number of amides is 2. The molecule has 1 N–H and O–H groups in total. The van der Waals surface area contributed by atoms with Crippen LogP contribution in [-0.4, -0.2) is 44.5 Å². The van der Waals surface area contributed by atoms with E-state index in [1.54, 1.807) is 18.2 Å². The van der Waals surface area contributed by atoms with Crippen LogP contribution in [0.4, 0.5) is 5.69 Å². The smallest absolute Gasteiger partial charge is 0.254 e. The first-order chi connectivity index (χ1) is 12.8. The van der Waals surface area contributed by atoms with E-state index in [9.17, 15) is 9.59 Å². The second kappa shape index (κ2) is 9.17. The second-order valence-electron chi connectivity index (χ2n) is 5.50. The number of para-hydroxylation sites is 1. The molecule has 0 heterocycles. The Morgan fingerprint density at radius 1 is 1.04 bits per heavy atom. The lowest BCUT2D eigenvalue weighted by Gasteiger charge is -2.19. The van der Waals surface area contributed by atoms with E-state index in [0.717, 1.165) is 0 Å². The number of halogens is 3. The van der Waals surface area contributed by atoms with Crippen LogP contribution in [0.3, 0.4) is 0 Å². The molecule has 144 valence electrons. The van der Waals surface area contributed by atoms with Crippen molar-refractivity contribution in [1.29, 1.82) is 0 Å². The number of benzene rings is 2. The highest BCUT2D eigenvalue weighted by atomic mass is 35.5. The van der Waals surface area contributed by atoms with Crippen LogP contribution < -0.4 is 14.8 Å². The van der Waals surface area contributed by atoms with E-state index in [4.69, 9.17) is 44.3 Å². The third-order valence-electron chi connectivity index (χ3n) is 3.64. The quantitative estimate of drug-likeness (QED) is 0.737. The molecule has 0 radical (unpaired) electrons. The number of methoxy groups -OCH3 is 2. The summed E-state index contributed by atoms with van der Waals surface area (Å²) in [5.74, 6) is -0.232. The van der Waals surface area contributed by atoms with E-state index < -0.39 is 11.8 Å². The summed E-state index contributed by atoms with van der Waals surface area (Å²) in [5.41, 5.74) is 0.546. The van der Waals surface area contributed by atoms with Gasteiger partial charge in [0.05, 0.1) is 41.5 Å². The van der Waals surface area contributed by atoms with E-state index >= 15 is 0 Å². The maximum Gasteiger partial charge on any atom is 0.254 e. The summed E-state index contributed by atoms with van der Waals surface area (Å²) in [5, 5.41) is 3.43. The molecule has 0 aliphatic carbocycles. The minimum atomic E-state index is -0.451. The minimum absolute atomic E-state index is 0.216. The summed E-state index contributed by atoms with van der Waals surface area (Å²) in [4.78, 5) is 26.1. The van der Waals surface area contributed by atoms with Crippen molar-refractivity contribution in [1.82, 2.24) is 4.90 Å². The van der Waals surface area contributed by atoms with E-state index in [1.165, 1.54) is 38.3 Å². The Morgan fingerprint density at radius 3 is 2.22 bits per heavy atom. The zero-order valence-electron chi connectivity index (χ0n) is 14.8. The Hall–Kier alpha value is -2.15. The van der Waals surface area contributed by atoms with Gasteiger partial charge in [-0.05, 0) is 24.3 Å². The van der Waals surface area contributed by atoms with Gasteiger partial charge >= 0.3 is 0 Å². The van der Waals surface area contributed by atoms with Crippen LogP contribution in [0.1, 0.15) is 10.4 Å². The van der Waals surface area contributed by atoms with Gasteiger partial charge in [-0.1, -0.05) is 40.9 Å². The van der Waals surface area contributed by atoms with E-state index in [-0.39, 0.29) is 17.1 Å². The van der Waals surface area contributed by atoms with Crippen molar-refractivity contribution in [2.75, 3.05) is 33.1 Å². The summed E-state index contributed by atoms with van der Waals surface area (Å²) in [7, 11) is 4.37. The third-order valence-corrected chi connectivity index (χ3v) is 4.55. The summed E-state index contributed by atoms with van der Waals surface area (Å²) in [6, 6.07) is 7.81. The zero-order valence-corrected chi connectivity index (χ0v) is 17.1. The summed E-state index contributed by atoms with van der Waals surface area (Å²) in [6.07, 6.45) is 0. The highest BCUT2D eigenvalue weighted by Crippen LogP contribution is 2.36. The Bertz CT molecular complexity index is 854. The fourth-order valence-corrected chi connectivity index (χ4v) is 3.12. The molecule has 0 unspecified atom stereocenters. The van der Waals surface area contributed by atoms with Gasteiger partial charge in [-0.25, -0.2) is 0 Å². The monoisotopic (exact) mass is 430 g/mol. The summed E-state index contributed by atoms with van der Waals surface area (Å²) in [6.45, 7) is -0.216. The zero-order chi connectivity index (χ0) is 20.1. The molecule has 27 heavy (non-hydrogen) atoms. The van der Waals surface area contributed by atoms with Crippen LogP contribution >= 0.6 is 34.8 Å². The molecule has 2 amide bonds. The molecule has 9 heteroatoms. The maximum absolute atomic E-state index is 12.6. The van der Waals surface area contributed by atoms with Gasteiger partial charge in [-0.3, -0.25) is 9.59 Å². The molecular weight excluding hydrogens is 415 g/mol. The van der Waals surface area contributed by atoms with Crippen LogP contribution in [0.5, 0.6) is 11.5 Å².